The lowest BCUT2D eigenvalue weighted by Crippen LogP contribution is -2.62. The van der Waals surface area contributed by atoms with Gasteiger partial charge in [-0.2, -0.15) is 0 Å². The summed E-state index contributed by atoms with van der Waals surface area (Å²) >= 11 is 0. The molecule has 3 aliphatic rings. The van der Waals surface area contributed by atoms with Gasteiger partial charge in [0.15, 0.2) is 0 Å². The summed E-state index contributed by atoms with van der Waals surface area (Å²) in [5, 5.41) is 3.70. The van der Waals surface area contributed by atoms with E-state index in [1.165, 1.54) is 22.3 Å². The predicted octanol–water partition coefficient (Wildman–Crippen LogP) is 5.41. The van der Waals surface area contributed by atoms with Crippen LogP contribution in [0, 0.1) is 20.8 Å². The zero-order chi connectivity index (χ0) is 33.8. The van der Waals surface area contributed by atoms with E-state index in [2.05, 4.69) is 74.6 Å². The summed E-state index contributed by atoms with van der Waals surface area (Å²) in [6, 6.07) is 23.0. The quantitative estimate of drug-likeness (QED) is 0.258. The Morgan fingerprint density at radius 3 is 2.40 bits per heavy atom. The molecule has 1 aliphatic carbocycles. The summed E-state index contributed by atoms with van der Waals surface area (Å²) in [6.45, 7) is 8.45. The monoisotopic (exact) mass is 648 g/mol. The first-order chi connectivity index (χ1) is 23.2. The number of fused-ring (bicyclic) bond motifs is 2. The molecule has 0 radical (unpaired) electrons. The van der Waals surface area contributed by atoms with Gasteiger partial charge in [0.2, 0.25) is 11.8 Å². The van der Waals surface area contributed by atoms with Gasteiger partial charge < -0.3 is 25.6 Å². The second-order valence-electron chi connectivity index (χ2n) is 13.8. The average molecular weight is 649 g/mol. The summed E-state index contributed by atoms with van der Waals surface area (Å²) in [5.41, 5.74) is 14.1. The highest BCUT2D eigenvalue weighted by atomic mass is 16.5. The summed E-state index contributed by atoms with van der Waals surface area (Å²) in [5.74, 6) is 0.606. The fourth-order valence-corrected chi connectivity index (χ4v) is 7.13. The van der Waals surface area contributed by atoms with Gasteiger partial charge in [-0.1, -0.05) is 60.7 Å². The van der Waals surface area contributed by atoms with Crippen molar-refractivity contribution in [2.75, 3.05) is 19.7 Å². The first-order valence-corrected chi connectivity index (χ1v) is 17.4. The van der Waals surface area contributed by atoms with Crippen molar-refractivity contribution in [3.8, 4) is 5.75 Å². The molecule has 1 unspecified atom stereocenters. The number of nitrogens with zero attached hydrogens (tertiary/aromatic N) is 2. The number of ether oxygens (including phenoxy) is 1. The number of carbonyl (C=O) groups excluding carboxylic acids is 3. The smallest absolute Gasteiger partial charge is 0.252 e. The number of carbonyl (C=O) groups is 3. The third kappa shape index (κ3) is 7.98. The fraction of sp³-hybridized carbons (Fsp3) is 0.425. The van der Waals surface area contributed by atoms with Gasteiger partial charge in [-0.15, -0.1) is 0 Å². The Hall–Kier alpha value is -4.43. The Labute approximate surface area is 284 Å². The standard InChI is InChI=1S/C40H48N4O4/c1-26-20-27(2)28(3)36(21-26)48-19-18-29-12-14-31(15-13-29)34-22-32-24-43(38(46)11-7-10-37(41)45)25-35(42-32)39(34)40(47)44(33-16-17-33)23-30-8-5-4-6-9-30/h4-6,8-9,12-15,20-21,32-33,35,42H,7,10-11,16-19,22-25H2,1-3H3,(H2,41,45)/t32?,35-/m1/s1. The molecule has 3 amide bonds. The number of amides is 3. The Morgan fingerprint density at radius 1 is 0.938 bits per heavy atom. The molecule has 48 heavy (non-hydrogen) atoms. The zero-order valence-corrected chi connectivity index (χ0v) is 28.5. The Balaban J connectivity index is 1.24. The van der Waals surface area contributed by atoms with Crippen LogP contribution in [0.5, 0.6) is 5.75 Å². The van der Waals surface area contributed by atoms with Gasteiger partial charge in [0.05, 0.1) is 12.6 Å². The SMILES string of the molecule is Cc1cc(C)c(C)c(OCCc2ccc(C3=C(C(=O)N(Cc4ccccc4)C4CC4)[C@H]4CN(C(=O)CCCC(N)=O)CC(C3)N4)cc2)c1. The van der Waals surface area contributed by atoms with E-state index in [0.29, 0.717) is 39.1 Å². The molecular formula is C40H48N4O4. The molecule has 6 rings (SSSR count). The molecular weight excluding hydrogens is 600 g/mol. The number of benzene rings is 3. The van der Waals surface area contributed by atoms with Gasteiger partial charge >= 0.3 is 0 Å². The minimum Gasteiger partial charge on any atom is -0.493 e. The minimum atomic E-state index is -0.394. The molecule has 3 aromatic rings. The van der Waals surface area contributed by atoms with Gasteiger partial charge in [0, 0.05) is 56.6 Å². The second kappa shape index (κ2) is 14.8. The lowest BCUT2D eigenvalue weighted by atomic mass is 9.82. The van der Waals surface area contributed by atoms with Crippen molar-refractivity contribution in [1.29, 1.82) is 0 Å². The molecule has 0 aromatic heterocycles. The van der Waals surface area contributed by atoms with Crippen molar-refractivity contribution >= 4 is 23.3 Å². The molecule has 2 aliphatic heterocycles. The number of rotatable bonds is 13. The molecule has 8 heteroatoms. The fourth-order valence-electron chi connectivity index (χ4n) is 7.13. The van der Waals surface area contributed by atoms with E-state index in [1.54, 1.807) is 0 Å². The molecule has 2 heterocycles. The molecule has 2 bridgehead atoms. The lowest BCUT2D eigenvalue weighted by Gasteiger charge is -2.45. The van der Waals surface area contributed by atoms with Crippen LogP contribution < -0.4 is 15.8 Å². The molecule has 8 nitrogen and oxygen atoms in total. The average Bonchev–Trinajstić information content (AvgIpc) is 3.91. The third-order valence-corrected chi connectivity index (χ3v) is 9.96. The summed E-state index contributed by atoms with van der Waals surface area (Å²) in [7, 11) is 0. The first kappa shape index (κ1) is 33.5. The molecule has 1 saturated heterocycles. The van der Waals surface area contributed by atoms with Crippen molar-refractivity contribution in [1.82, 2.24) is 15.1 Å². The lowest BCUT2D eigenvalue weighted by molar-refractivity contribution is -0.134. The van der Waals surface area contributed by atoms with Crippen LogP contribution in [-0.2, 0) is 27.3 Å². The Kier molecular flexibility index (Phi) is 10.3. The molecule has 2 fully saturated rings. The maximum atomic E-state index is 14.7. The number of nitrogens with one attached hydrogen (secondary N) is 1. The number of hydrogen-bond acceptors (Lipinski definition) is 5. The van der Waals surface area contributed by atoms with Crippen LogP contribution in [-0.4, -0.2) is 65.3 Å². The van der Waals surface area contributed by atoms with Gasteiger partial charge in [0.1, 0.15) is 5.75 Å². The molecule has 2 atom stereocenters. The normalized spacial score (nSPS) is 18.9. The van der Waals surface area contributed by atoms with Crippen molar-refractivity contribution in [3.63, 3.8) is 0 Å². The molecule has 252 valence electrons. The maximum absolute atomic E-state index is 14.7. The van der Waals surface area contributed by atoms with E-state index in [-0.39, 0.29) is 42.8 Å². The topological polar surface area (TPSA) is 105 Å². The number of primary amides is 1. The highest BCUT2D eigenvalue weighted by Gasteiger charge is 2.43. The van der Waals surface area contributed by atoms with Crippen LogP contribution in [0.2, 0.25) is 0 Å². The van der Waals surface area contributed by atoms with E-state index in [4.69, 9.17) is 10.5 Å². The van der Waals surface area contributed by atoms with Crippen LogP contribution in [0.3, 0.4) is 0 Å². The molecule has 0 spiro atoms. The van der Waals surface area contributed by atoms with Crippen LogP contribution >= 0.6 is 0 Å². The van der Waals surface area contributed by atoms with Gasteiger partial charge in [0.25, 0.3) is 5.91 Å². The highest BCUT2D eigenvalue weighted by molar-refractivity contribution is 6.03. The Bertz CT molecular complexity index is 1680. The van der Waals surface area contributed by atoms with Crippen LogP contribution in [0.25, 0.3) is 5.57 Å². The number of piperazine rings is 1. The predicted molar refractivity (Wildman–Crippen MR) is 188 cm³/mol. The highest BCUT2D eigenvalue weighted by Crippen LogP contribution is 2.37. The second-order valence-corrected chi connectivity index (χ2v) is 13.8. The van der Waals surface area contributed by atoms with Crippen LogP contribution in [0.15, 0.2) is 72.3 Å². The third-order valence-electron chi connectivity index (χ3n) is 9.96. The van der Waals surface area contributed by atoms with E-state index in [0.717, 1.165) is 47.3 Å². The van der Waals surface area contributed by atoms with Crippen molar-refractivity contribution in [2.45, 2.75) is 90.4 Å². The maximum Gasteiger partial charge on any atom is 0.252 e. The molecule has 1 saturated carbocycles. The van der Waals surface area contributed by atoms with Crippen molar-refractivity contribution in [3.05, 3.63) is 106 Å². The van der Waals surface area contributed by atoms with Gasteiger partial charge in [-0.05, 0) is 91.5 Å². The number of aryl methyl sites for hydroxylation is 2. The first-order valence-electron chi connectivity index (χ1n) is 17.4. The van der Waals surface area contributed by atoms with Gasteiger partial charge in [-0.25, -0.2) is 0 Å². The number of hydrogen-bond donors (Lipinski definition) is 2. The van der Waals surface area contributed by atoms with E-state index in [9.17, 15) is 14.4 Å². The Morgan fingerprint density at radius 2 is 1.69 bits per heavy atom. The van der Waals surface area contributed by atoms with E-state index in [1.807, 2.05) is 28.0 Å². The molecule has 3 N–H and O–H groups in total. The largest absolute Gasteiger partial charge is 0.493 e. The summed E-state index contributed by atoms with van der Waals surface area (Å²) in [4.78, 5) is 43.1. The van der Waals surface area contributed by atoms with Crippen LogP contribution in [0.1, 0.15) is 71.9 Å². The summed E-state index contributed by atoms with van der Waals surface area (Å²) in [6.07, 6.45) is 4.36. The van der Waals surface area contributed by atoms with Crippen molar-refractivity contribution < 1.29 is 19.1 Å². The zero-order valence-electron chi connectivity index (χ0n) is 28.5. The van der Waals surface area contributed by atoms with Crippen LogP contribution in [0.4, 0.5) is 0 Å². The van der Waals surface area contributed by atoms with E-state index < -0.39 is 5.91 Å². The van der Waals surface area contributed by atoms with Crippen molar-refractivity contribution in [2.24, 2.45) is 5.73 Å². The summed E-state index contributed by atoms with van der Waals surface area (Å²) < 4.78 is 6.19. The number of nitrogens with two attached hydrogens (primary N) is 1. The van der Waals surface area contributed by atoms with Gasteiger partial charge in [-0.3, -0.25) is 14.4 Å². The van der Waals surface area contributed by atoms with E-state index >= 15 is 0 Å². The molecule has 3 aromatic carbocycles. The minimum absolute atomic E-state index is 0.00826.